The maximum absolute atomic E-state index is 5.54. The molecule has 0 saturated heterocycles. The van der Waals surface area contributed by atoms with Gasteiger partial charge in [0.2, 0.25) is 5.82 Å². The SMILES string of the molecule is Cc1cc(C)cc(-c2noc(-c3ccc4c(c3)nnn4C3CCCCC3)n2)c1. The predicted molar refractivity (Wildman–Crippen MR) is 108 cm³/mol. The molecule has 2 aromatic heterocycles. The van der Waals surface area contributed by atoms with Crippen LogP contribution in [0, 0.1) is 13.8 Å². The van der Waals surface area contributed by atoms with Crippen LogP contribution in [0.5, 0.6) is 0 Å². The van der Waals surface area contributed by atoms with Gasteiger partial charge in [-0.1, -0.05) is 46.8 Å². The van der Waals surface area contributed by atoms with E-state index in [1.54, 1.807) is 0 Å². The molecule has 28 heavy (non-hydrogen) atoms. The van der Waals surface area contributed by atoms with E-state index in [2.05, 4.69) is 63.2 Å². The first kappa shape index (κ1) is 17.1. The highest BCUT2D eigenvalue weighted by atomic mass is 16.5. The lowest BCUT2D eigenvalue weighted by Crippen LogP contribution is -2.14. The van der Waals surface area contributed by atoms with Crippen LogP contribution in [0.2, 0.25) is 0 Å². The molecule has 1 aliphatic rings. The van der Waals surface area contributed by atoms with Gasteiger partial charge in [-0.25, -0.2) is 4.68 Å². The van der Waals surface area contributed by atoms with Crippen LogP contribution in [-0.4, -0.2) is 25.1 Å². The fourth-order valence-electron chi connectivity index (χ4n) is 4.23. The molecular formula is C22H23N5O. The van der Waals surface area contributed by atoms with Crippen LogP contribution in [0.15, 0.2) is 40.9 Å². The van der Waals surface area contributed by atoms with Crippen molar-refractivity contribution in [2.24, 2.45) is 0 Å². The Morgan fingerprint density at radius 1 is 0.929 bits per heavy atom. The summed E-state index contributed by atoms with van der Waals surface area (Å²) < 4.78 is 7.63. The van der Waals surface area contributed by atoms with Crippen LogP contribution in [-0.2, 0) is 0 Å². The van der Waals surface area contributed by atoms with Crippen LogP contribution in [0.25, 0.3) is 33.9 Å². The number of aryl methyl sites for hydroxylation is 2. The average Bonchev–Trinajstić information content (AvgIpc) is 3.35. The Balaban J connectivity index is 1.47. The van der Waals surface area contributed by atoms with Crippen molar-refractivity contribution in [1.29, 1.82) is 0 Å². The topological polar surface area (TPSA) is 69.6 Å². The minimum Gasteiger partial charge on any atom is -0.334 e. The molecule has 142 valence electrons. The molecule has 0 amide bonds. The summed E-state index contributed by atoms with van der Waals surface area (Å²) >= 11 is 0. The number of rotatable bonds is 3. The van der Waals surface area contributed by atoms with Gasteiger partial charge in [-0.2, -0.15) is 4.98 Å². The fourth-order valence-corrected chi connectivity index (χ4v) is 4.23. The molecule has 6 nitrogen and oxygen atoms in total. The summed E-state index contributed by atoms with van der Waals surface area (Å²) in [6.45, 7) is 4.14. The quantitative estimate of drug-likeness (QED) is 0.489. The second-order valence-electron chi connectivity index (χ2n) is 7.83. The van der Waals surface area contributed by atoms with Crippen molar-refractivity contribution >= 4 is 11.0 Å². The summed E-state index contributed by atoms with van der Waals surface area (Å²) in [6.07, 6.45) is 6.24. The Morgan fingerprint density at radius 2 is 1.71 bits per heavy atom. The molecule has 0 bridgehead atoms. The number of fused-ring (bicyclic) bond motifs is 1. The first-order valence-electron chi connectivity index (χ1n) is 9.95. The molecule has 0 atom stereocenters. The second-order valence-corrected chi connectivity index (χ2v) is 7.83. The summed E-state index contributed by atoms with van der Waals surface area (Å²) in [4.78, 5) is 4.60. The zero-order chi connectivity index (χ0) is 19.1. The van der Waals surface area contributed by atoms with Gasteiger partial charge in [-0.05, 0) is 57.0 Å². The van der Waals surface area contributed by atoms with E-state index in [4.69, 9.17) is 4.52 Å². The summed E-state index contributed by atoms with van der Waals surface area (Å²) in [5.41, 5.74) is 6.14. The van der Waals surface area contributed by atoms with Crippen molar-refractivity contribution in [3.8, 4) is 22.8 Å². The van der Waals surface area contributed by atoms with Gasteiger partial charge in [-0.15, -0.1) is 5.10 Å². The third kappa shape index (κ3) is 3.09. The maximum atomic E-state index is 5.54. The molecule has 6 heteroatoms. The van der Waals surface area contributed by atoms with Crippen LogP contribution >= 0.6 is 0 Å². The van der Waals surface area contributed by atoms with E-state index in [1.807, 2.05) is 12.1 Å². The maximum Gasteiger partial charge on any atom is 0.258 e. The number of hydrogen-bond donors (Lipinski definition) is 0. The summed E-state index contributed by atoms with van der Waals surface area (Å²) in [5, 5.41) is 13.0. The summed E-state index contributed by atoms with van der Waals surface area (Å²) in [6, 6.07) is 12.8. The summed E-state index contributed by atoms with van der Waals surface area (Å²) in [5.74, 6) is 1.11. The first-order chi connectivity index (χ1) is 13.7. The zero-order valence-corrected chi connectivity index (χ0v) is 16.2. The minimum absolute atomic E-state index is 0.462. The first-order valence-corrected chi connectivity index (χ1v) is 9.95. The molecule has 0 spiro atoms. The van der Waals surface area contributed by atoms with E-state index < -0.39 is 0 Å². The van der Waals surface area contributed by atoms with Crippen molar-refractivity contribution in [3.05, 3.63) is 47.5 Å². The molecular weight excluding hydrogens is 350 g/mol. The van der Waals surface area contributed by atoms with Crippen LogP contribution in [0.4, 0.5) is 0 Å². The van der Waals surface area contributed by atoms with Crippen molar-refractivity contribution in [2.75, 3.05) is 0 Å². The van der Waals surface area contributed by atoms with Crippen LogP contribution in [0.1, 0.15) is 49.3 Å². The van der Waals surface area contributed by atoms with E-state index in [1.165, 1.54) is 43.2 Å². The lowest BCUT2D eigenvalue weighted by molar-refractivity contribution is 0.331. The molecule has 1 fully saturated rings. The molecule has 1 saturated carbocycles. The molecule has 4 aromatic rings. The van der Waals surface area contributed by atoms with Gasteiger partial charge in [0, 0.05) is 11.1 Å². The van der Waals surface area contributed by atoms with Gasteiger partial charge >= 0.3 is 0 Å². The van der Waals surface area contributed by atoms with Gasteiger partial charge < -0.3 is 4.52 Å². The normalized spacial score (nSPS) is 15.4. The van der Waals surface area contributed by atoms with Crippen molar-refractivity contribution in [3.63, 3.8) is 0 Å². The highest BCUT2D eigenvalue weighted by Crippen LogP contribution is 2.31. The summed E-state index contributed by atoms with van der Waals surface area (Å²) in [7, 11) is 0. The Labute approximate surface area is 163 Å². The van der Waals surface area contributed by atoms with Gasteiger partial charge in [0.25, 0.3) is 5.89 Å². The third-order valence-electron chi connectivity index (χ3n) is 5.54. The number of nitrogens with zero attached hydrogens (tertiary/aromatic N) is 5. The number of hydrogen-bond acceptors (Lipinski definition) is 5. The molecule has 0 unspecified atom stereocenters. The van der Waals surface area contributed by atoms with Gasteiger partial charge in [0.1, 0.15) is 5.52 Å². The molecule has 0 radical (unpaired) electrons. The smallest absolute Gasteiger partial charge is 0.258 e. The van der Waals surface area contributed by atoms with Crippen LogP contribution in [0.3, 0.4) is 0 Å². The van der Waals surface area contributed by atoms with Gasteiger partial charge in [0.05, 0.1) is 11.6 Å². The van der Waals surface area contributed by atoms with Gasteiger partial charge in [-0.3, -0.25) is 0 Å². The standard InChI is InChI=1S/C22H23N5O/c1-14-10-15(2)12-17(11-14)21-23-22(28-25-21)16-8-9-20-19(13-16)24-26-27(20)18-6-4-3-5-7-18/h8-13,18H,3-7H2,1-2H3. The Kier molecular flexibility index (Phi) is 4.19. The molecule has 1 aliphatic carbocycles. The average molecular weight is 373 g/mol. The molecule has 0 N–H and O–H groups in total. The van der Waals surface area contributed by atoms with Gasteiger partial charge in [0.15, 0.2) is 0 Å². The largest absolute Gasteiger partial charge is 0.334 e. The zero-order valence-electron chi connectivity index (χ0n) is 16.2. The predicted octanol–water partition coefficient (Wildman–Crippen LogP) is 5.27. The fraction of sp³-hybridized carbons (Fsp3) is 0.364. The van der Waals surface area contributed by atoms with E-state index in [0.29, 0.717) is 17.8 Å². The lowest BCUT2D eigenvalue weighted by atomic mass is 9.95. The highest BCUT2D eigenvalue weighted by Gasteiger charge is 2.19. The van der Waals surface area contributed by atoms with Crippen molar-refractivity contribution in [2.45, 2.75) is 52.0 Å². The number of aromatic nitrogens is 5. The Bertz CT molecular complexity index is 1120. The minimum atomic E-state index is 0.462. The van der Waals surface area contributed by atoms with E-state index in [9.17, 15) is 0 Å². The highest BCUT2D eigenvalue weighted by molar-refractivity contribution is 5.80. The molecule has 5 rings (SSSR count). The molecule has 2 heterocycles. The molecule has 2 aromatic carbocycles. The van der Waals surface area contributed by atoms with Crippen LogP contribution < -0.4 is 0 Å². The Hall–Kier alpha value is -3.02. The lowest BCUT2D eigenvalue weighted by Gasteiger charge is -2.21. The van der Waals surface area contributed by atoms with Crippen molar-refractivity contribution < 1.29 is 4.52 Å². The van der Waals surface area contributed by atoms with E-state index in [0.717, 1.165) is 22.2 Å². The van der Waals surface area contributed by atoms with Crippen molar-refractivity contribution in [1.82, 2.24) is 25.1 Å². The van der Waals surface area contributed by atoms with E-state index in [-0.39, 0.29) is 0 Å². The number of benzene rings is 2. The second kappa shape index (κ2) is 6.86. The Morgan fingerprint density at radius 3 is 2.50 bits per heavy atom. The monoisotopic (exact) mass is 373 g/mol. The third-order valence-corrected chi connectivity index (χ3v) is 5.54. The van der Waals surface area contributed by atoms with E-state index >= 15 is 0 Å². The molecule has 0 aliphatic heterocycles.